The minimum Gasteiger partial charge on any atom is -0.508 e. The van der Waals surface area contributed by atoms with E-state index in [0.717, 1.165) is 0 Å². The van der Waals surface area contributed by atoms with Crippen LogP contribution in [-0.2, 0) is 0 Å². The molecule has 1 aliphatic rings. The number of alkyl halides is 3. The van der Waals surface area contributed by atoms with E-state index in [1.54, 1.807) is 4.90 Å². The van der Waals surface area contributed by atoms with Crippen molar-refractivity contribution in [2.45, 2.75) is 18.6 Å². The third kappa shape index (κ3) is 4.01. The van der Waals surface area contributed by atoms with Gasteiger partial charge in [-0.3, -0.25) is 4.90 Å². The Bertz CT molecular complexity index is 461. The first-order valence-corrected chi connectivity index (χ1v) is 6.74. The average molecular weight is 309 g/mol. The van der Waals surface area contributed by atoms with Crippen molar-refractivity contribution in [2.24, 2.45) is 0 Å². The van der Waals surface area contributed by atoms with E-state index in [-0.39, 0.29) is 11.3 Å². The van der Waals surface area contributed by atoms with Crippen molar-refractivity contribution in [1.29, 1.82) is 0 Å². The molecule has 0 bridgehead atoms. The largest absolute Gasteiger partial charge is 0.508 e. The van der Waals surface area contributed by atoms with Crippen molar-refractivity contribution in [3.05, 3.63) is 28.8 Å². The molecule has 0 spiro atoms. The molecule has 1 aliphatic heterocycles. The molecule has 0 amide bonds. The second-order valence-corrected chi connectivity index (χ2v) is 5.26. The molecule has 3 nitrogen and oxygen atoms in total. The van der Waals surface area contributed by atoms with Crippen molar-refractivity contribution in [2.75, 3.05) is 26.2 Å². The van der Waals surface area contributed by atoms with Crippen LogP contribution >= 0.6 is 11.6 Å². The fourth-order valence-electron chi connectivity index (χ4n) is 2.44. The molecule has 7 heteroatoms. The van der Waals surface area contributed by atoms with Gasteiger partial charge >= 0.3 is 6.18 Å². The molecule has 1 saturated heterocycles. The number of hydrogen-bond acceptors (Lipinski definition) is 3. The fraction of sp³-hybridized carbons (Fsp3) is 0.538. The van der Waals surface area contributed by atoms with Gasteiger partial charge in [0.1, 0.15) is 5.75 Å². The van der Waals surface area contributed by atoms with Crippen LogP contribution in [0.3, 0.4) is 0 Å². The molecular weight excluding hydrogens is 293 g/mol. The van der Waals surface area contributed by atoms with Crippen molar-refractivity contribution >= 4 is 11.6 Å². The molecule has 0 aliphatic carbocycles. The molecule has 1 aromatic carbocycles. The Morgan fingerprint density at radius 1 is 1.30 bits per heavy atom. The van der Waals surface area contributed by atoms with Crippen molar-refractivity contribution in [1.82, 2.24) is 10.2 Å². The first-order chi connectivity index (χ1) is 9.37. The van der Waals surface area contributed by atoms with E-state index in [1.165, 1.54) is 18.2 Å². The summed E-state index contributed by atoms with van der Waals surface area (Å²) < 4.78 is 38.5. The smallest absolute Gasteiger partial charge is 0.390 e. The zero-order valence-electron chi connectivity index (χ0n) is 10.8. The van der Waals surface area contributed by atoms with Gasteiger partial charge in [0.15, 0.2) is 0 Å². The number of phenols is 1. The summed E-state index contributed by atoms with van der Waals surface area (Å²) in [6.45, 7) is 2.28. The van der Waals surface area contributed by atoms with Crippen LogP contribution in [0.15, 0.2) is 18.2 Å². The highest BCUT2D eigenvalue weighted by atomic mass is 35.5. The normalized spacial score (nSPS) is 19.0. The summed E-state index contributed by atoms with van der Waals surface area (Å²) in [4.78, 5) is 1.73. The van der Waals surface area contributed by atoms with E-state index in [2.05, 4.69) is 5.32 Å². The van der Waals surface area contributed by atoms with Crippen LogP contribution < -0.4 is 5.32 Å². The van der Waals surface area contributed by atoms with Crippen LogP contribution in [0.1, 0.15) is 18.0 Å². The van der Waals surface area contributed by atoms with Gasteiger partial charge < -0.3 is 10.4 Å². The maximum absolute atomic E-state index is 12.8. The van der Waals surface area contributed by atoms with Gasteiger partial charge in [0.05, 0.1) is 6.42 Å². The molecule has 1 atom stereocenters. The summed E-state index contributed by atoms with van der Waals surface area (Å²) >= 11 is 5.85. The van der Waals surface area contributed by atoms with Gasteiger partial charge in [-0.05, 0) is 18.2 Å². The monoisotopic (exact) mass is 308 g/mol. The Morgan fingerprint density at radius 3 is 2.55 bits per heavy atom. The van der Waals surface area contributed by atoms with Crippen LogP contribution in [0.25, 0.3) is 0 Å². The molecule has 0 unspecified atom stereocenters. The maximum atomic E-state index is 12.8. The lowest BCUT2D eigenvalue weighted by atomic mass is 10.00. The Kier molecular flexibility index (Phi) is 4.78. The minimum atomic E-state index is -4.30. The molecular formula is C13H16ClF3N2O. The number of nitrogens with zero attached hydrogens (tertiary/aromatic N) is 1. The fourth-order valence-corrected chi connectivity index (χ4v) is 2.62. The lowest BCUT2D eigenvalue weighted by molar-refractivity contribution is -0.148. The van der Waals surface area contributed by atoms with Crippen molar-refractivity contribution in [3.63, 3.8) is 0 Å². The van der Waals surface area contributed by atoms with Crippen LogP contribution in [0, 0.1) is 0 Å². The van der Waals surface area contributed by atoms with Crippen LogP contribution in [-0.4, -0.2) is 42.4 Å². The number of aromatic hydroxyl groups is 1. The second kappa shape index (κ2) is 6.20. The summed E-state index contributed by atoms with van der Waals surface area (Å²) in [5.74, 6) is -0.151. The van der Waals surface area contributed by atoms with Gasteiger partial charge in [-0.1, -0.05) is 11.6 Å². The van der Waals surface area contributed by atoms with Gasteiger partial charge in [0, 0.05) is 42.8 Å². The van der Waals surface area contributed by atoms with Crippen LogP contribution in [0.2, 0.25) is 5.02 Å². The highest BCUT2D eigenvalue weighted by molar-refractivity contribution is 6.30. The third-order valence-corrected chi connectivity index (χ3v) is 3.60. The number of hydrogen-bond donors (Lipinski definition) is 2. The summed E-state index contributed by atoms with van der Waals surface area (Å²) in [5, 5.41) is 13.3. The highest BCUT2D eigenvalue weighted by Crippen LogP contribution is 2.38. The van der Waals surface area contributed by atoms with Gasteiger partial charge in [-0.2, -0.15) is 13.2 Å². The first-order valence-electron chi connectivity index (χ1n) is 6.37. The summed E-state index contributed by atoms with van der Waals surface area (Å²) in [6, 6.07) is 3.30. The molecule has 2 N–H and O–H groups in total. The van der Waals surface area contributed by atoms with Crippen molar-refractivity contribution in [3.8, 4) is 5.75 Å². The molecule has 1 aromatic rings. The number of nitrogens with one attached hydrogen (secondary N) is 1. The Balaban J connectivity index is 2.31. The molecule has 2 rings (SSSR count). The zero-order valence-corrected chi connectivity index (χ0v) is 11.5. The highest BCUT2D eigenvalue weighted by Gasteiger charge is 2.37. The summed E-state index contributed by atoms with van der Waals surface area (Å²) in [7, 11) is 0. The van der Waals surface area contributed by atoms with Gasteiger partial charge in [-0.15, -0.1) is 0 Å². The van der Waals surface area contributed by atoms with Gasteiger partial charge in [0.25, 0.3) is 0 Å². The lowest BCUT2D eigenvalue weighted by Crippen LogP contribution is -2.46. The van der Waals surface area contributed by atoms with E-state index in [9.17, 15) is 18.3 Å². The standard InChI is InChI=1S/C13H16ClF3N2O/c14-9-1-2-12(20)10(7-9)11(8-13(15,16)17)19-5-3-18-4-6-19/h1-2,7,11,18,20H,3-6,8H2/t11-/m0/s1. The third-order valence-electron chi connectivity index (χ3n) is 3.37. The Labute approximate surface area is 120 Å². The SMILES string of the molecule is Oc1ccc(Cl)cc1[C@H](CC(F)(F)F)N1CCNCC1. The quantitative estimate of drug-likeness (QED) is 0.901. The first kappa shape index (κ1) is 15.4. The number of piperazine rings is 1. The van der Waals surface area contributed by atoms with Gasteiger partial charge in [0.2, 0.25) is 0 Å². The Hall–Kier alpha value is -0.980. The van der Waals surface area contributed by atoms with Crippen LogP contribution in [0.5, 0.6) is 5.75 Å². The number of halogens is 4. The Morgan fingerprint density at radius 2 is 1.95 bits per heavy atom. The molecule has 0 aromatic heterocycles. The lowest BCUT2D eigenvalue weighted by Gasteiger charge is -2.36. The molecule has 0 saturated carbocycles. The van der Waals surface area contributed by atoms with E-state index in [1.807, 2.05) is 0 Å². The van der Waals surface area contributed by atoms with E-state index in [0.29, 0.717) is 31.2 Å². The summed E-state index contributed by atoms with van der Waals surface area (Å²) in [5.41, 5.74) is 0.233. The number of phenolic OH excluding ortho intramolecular Hbond substituents is 1. The van der Waals surface area contributed by atoms with E-state index in [4.69, 9.17) is 11.6 Å². The van der Waals surface area contributed by atoms with E-state index < -0.39 is 18.6 Å². The average Bonchev–Trinajstić information content (AvgIpc) is 2.39. The maximum Gasteiger partial charge on any atom is 0.390 e. The second-order valence-electron chi connectivity index (χ2n) is 4.82. The molecule has 1 fully saturated rings. The summed E-state index contributed by atoms with van der Waals surface area (Å²) in [6.07, 6.45) is -5.30. The zero-order chi connectivity index (χ0) is 14.8. The molecule has 1 heterocycles. The van der Waals surface area contributed by atoms with Gasteiger partial charge in [-0.25, -0.2) is 0 Å². The predicted octanol–water partition coefficient (Wildman–Crippen LogP) is 2.94. The topological polar surface area (TPSA) is 35.5 Å². The minimum absolute atomic E-state index is 0.151. The number of benzene rings is 1. The molecule has 20 heavy (non-hydrogen) atoms. The van der Waals surface area contributed by atoms with E-state index >= 15 is 0 Å². The molecule has 112 valence electrons. The predicted molar refractivity (Wildman–Crippen MR) is 71.0 cm³/mol. The number of rotatable bonds is 3. The van der Waals surface area contributed by atoms with Crippen LogP contribution in [0.4, 0.5) is 13.2 Å². The van der Waals surface area contributed by atoms with Crippen molar-refractivity contribution < 1.29 is 18.3 Å². The molecule has 0 radical (unpaired) electrons.